The molecule has 0 aromatic carbocycles. The molecule has 1 unspecified atom stereocenters. The van der Waals surface area contributed by atoms with Crippen LogP contribution in [0.5, 0.6) is 0 Å². The maximum Gasteiger partial charge on any atom is 0.0108 e. The van der Waals surface area contributed by atoms with Gasteiger partial charge in [0.05, 0.1) is 0 Å². The van der Waals surface area contributed by atoms with Crippen molar-refractivity contribution in [3.63, 3.8) is 0 Å². The fraction of sp³-hybridized carbons (Fsp3) is 1.00. The molecule has 0 aromatic heterocycles. The number of nitrogens with one attached hydrogen (secondary N) is 1. The SMILES string of the molecule is CC1(S)CCC2(CNC2)C1. The Morgan fingerprint density at radius 2 is 2.00 bits per heavy atom. The molecule has 2 aliphatic rings. The first kappa shape index (κ1) is 6.99. The second-order valence-electron chi connectivity index (χ2n) is 4.28. The lowest BCUT2D eigenvalue weighted by molar-refractivity contribution is 0.174. The Hall–Kier alpha value is 0.310. The minimum absolute atomic E-state index is 0.335. The Balaban J connectivity index is 2.05. The molecule has 1 spiro atoms. The van der Waals surface area contributed by atoms with Gasteiger partial charge in [0.25, 0.3) is 0 Å². The van der Waals surface area contributed by atoms with Crippen LogP contribution in [-0.2, 0) is 0 Å². The van der Waals surface area contributed by atoms with E-state index in [2.05, 4.69) is 24.9 Å². The molecule has 0 aromatic rings. The van der Waals surface area contributed by atoms with Crippen LogP contribution >= 0.6 is 12.6 Å². The fourth-order valence-electron chi connectivity index (χ4n) is 2.30. The first-order valence-electron chi connectivity index (χ1n) is 4.05. The summed E-state index contributed by atoms with van der Waals surface area (Å²) in [6.45, 7) is 4.75. The predicted molar refractivity (Wildman–Crippen MR) is 46.5 cm³/mol. The van der Waals surface area contributed by atoms with Crippen molar-refractivity contribution in [2.24, 2.45) is 5.41 Å². The van der Waals surface area contributed by atoms with Crippen molar-refractivity contribution >= 4 is 12.6 Å². The molecule has 1 nitrogen and oxygen atoms in total. The predicted octanol–water partition coefficient (Wildman–Crippen LogP) is 1.45. The largest absolute Gasteiger partial charge is 0.316 e. The Bertz CT molecular complexity index is 149. The van der Waals surface area contributed by atoms with Gasteiger partial charge in [0, 0.05) is 17.8 Å². The summed E-state index contributed by atoms with van der Waals surface area (Å²) in [6, 6.07) is 0. The van der Waals surface area contributed by atoms with Crippen LogP contribution in [0.15, 0.2) is 0 Å². The summed E-state index contributed by atoms with van der Waals surface area (Å²) in [6.07, 6.45) is 4.01. The number of hydrogen-bond acceptors (Lipinski definition) is 2. The van der Waals surface area contributed by atoms with E-state index in [1.807, 2.05) is 0 Å². The molecule has 1 heterocycles. The lowest BCUT2D eigenvalue weighted by Gasteiger charge is -2.40. The number of hydrogen-bond donors (Lipinski definition) is 2. The summed E-state index contributed by atoms with van der Waals surface area (Å²) in [5, 5.41) is 3.35. The van der Waals surface area contributed by atoms with E-state index < -0.39 is 0 Å². The number of rotatable bonds is 0. The Morgan fingerprint density at radius 3 is 2.20 bits per heavy atom. The van der Waals surface area contributed by atoms with E-state index >= 15 is 0 Å². The summed E-state index contributed by atoms with van der Waals surface area (Å²) in [5.74, 6) is 0. The molecule has 0 radical (unpaired) electrons. The van der Waals surface area contributed by atoms with Crippen LogP contribution in [0.25, 0.3) is 0 Å². The fourth-order valence-corrected chi connectivity index (χ4v) is 2.75. The molecule has 1 aliphatic heterocycles. The van der Waals surface area contributed by atoms with Crippen LogP contribution in [0.2, 0.25) is 0 Å². The lowest BCUT2D eigenvalue weighted by atomic mass is 9.79. The molecule has 1 atom stereocenters. The van der Waals surface area contributed by atoms with Gasteiger partial charge in [0.1, 0.15) is 0 Å². The summed E-state index contributed by atoms with van der Waals surface area (Å²) in [7, 11) is 0. The molecule has 1 N–H and O–H groups in total. The maximum absolute atomic E-state index is 4.62. The molecule has 0 amide bonds. The molecule has 2 fully saturated rings. The third-order valence-electron chi connectivity index (χ3n) is 2.95. The summed E-state index contributed by atoms with van der Waals surface area (Å²) < 4.78 is 0.335. The first-order valence-corrected chi connectivity index (χ1v) is 4.50. The second kappa shape index (κ2) is 1.92. The second-order valence-corrected chi connectivity index (χ2v) is 5.36. The monoisotopic (exact) mass is 157 g/mol. The van der Waals surface area contributed by atoms with Crippen LogP contribution in [0.1, 0.15) is 26.2 Å². The van der Waals surface area contributed by atoms with Gasteiger partial charge in [0.15, 0.2) is 0 Å². The summed E-state index contributed by atoms with van der Waals surface area (Å²) in [5.41, 5.74) is 0.663. The van der Waals surface area contributed by atoms with E-state index in [4.69, 9.17) is 0 Å². The maximum atomic E-state index is 4.62. The molecule has 1 aliphatic carbocycles. The Labute approximate surface area is 68.0 Å². The van der Waals surface area contributed by atoms with Gasteiger partial charge in [-0.3, -0.25) is 0 Å². The zero-order chi connectivity index (χ0) is 7.24. The van der Waals surface area contributed by atoms with Gasteiger partial charge in [-0.25, -0.2) is 0 Å². The van der Waals surface area contributed by atoms with Crippen molar-refractivity contribution in [1.82, 2.24) is 5.32 Å². The third-order valence-corrected chi connectivity index (χ3v) is 3.33. The third kappa shape index (κ3) is 0.978. The quantitative estimate of drug-likeness (QED) is 0.507. The van der Waals surface area contributed by atoms with Gasteiger partial charge in [-0.15, -0.1) is 0 Å². The Kier molecular flexibility index (Phi) is 1.34. The zero-order valence-corrected chi connectivity index (χ0v) is 7.38. The normalized spacial score (nSPS) is 43.8. The van der Waals surface area contributed by atoms with Gasteiger partial charge in [-0.05, 0) is 24.7 Å². The van der Waals surface area contributed by atoms with E-state index in [1.165, 1.54) is 32.4 Å². The van der Waals surface area contributed by atoms with Crippen LogP contribution in [0.4, 0.5) is 0 Å². The summed E-state index contributed by atoms with van der Waals surface area (Å²) in [4.78, 5) is 0. The molecule has 2 rings (SSSR count). The van der Waals surface area contributed by atoms with E-state index in [-0.39, 0.29) is 0 Å². The van der Waals surface area contributed by atoms with Crippen molar-refractivity contribution in [2.45, 2.75) is 30.9 Å². The molecule has 10 heavy (non-hydrogen) atoms. The average molecular weight is 157 g/mol. The van der Waals surface area contributed by atoms with Gasteiger partial charge in [-0.1, -0.05) is 6.92 Å². The highest BCUT2D eigenvalue weighted by atomic mass is 32.1. The molecular weight excluding hydrogens is 142 g/mol. The van der Waals surface area contributed by atoms with E-state index in [9.17, 15) is 0 Å². The van der Waals surface area contributed by atoms with E-state index in [1.54, 1.807) is 0 Å². The molecule has 2 heteroatoms. The molecule has 1 saturated carbocycles. The van der Waals surface area contributed by atoms with Crippen molar-refractivity contribution in [2.75, 3.05) is 13.1 Å². The zero-order valence-electron chi connectivity index (χ0n) is 6.48. The minimum Gasteiger partial charge on any atom is -0.316 e. The standard InChI is InChI=1S/C8H15NS/c1-7(10)2-3-8(4-7)5-9-6-8/h9-10H,2-6H2,1H3. The van der Waals surface area contributed by atoms with Gasteiger partial charge in [-0.2, -0.15) is 12.6 Å². The van der Waals surface area contributed by atoms with Crippen LogP contribution in [0, 0.1) is 5.41 Å². The van der Waals surface area contributed by atoms with Crippen LogP contribution in [0.3, 0.4) is 0 Å². The van der Waals surface area contributed by atoms with Gasteiger partial charge >= 0.3 is 0 Å². The topological polar surface area (TPSA) is 12.0 Å². The molecule has 1 saturated heterocycles. The highest BCUT2D eigenvalue weighted by molar-refractivity contribution is 7.81. The van der Waals surface area contributed by atoms with Crippen LogP contribution in [-0.4, -0.2) is 17.8 Å². The minimum atomic E-state index is 0.335. The smallest absolute Gasteiger partial charge is 0.0108 e. The summed E-state index contributed by atoms with van der Waals surface area (Å²) >= 11 is 4.62. The van der Waals surface area contributed by atoms with Gasteiger partial charge in [0.2, 0.25) is 0 Å². The van der Waals surface area contributed by atoms with Gasteiger partial charge < -0.3 is 5.32 Å². The van der Waals surface area contributed by atoms with Crippen molar-refractivity contribution in [3.05, 3.63) is 0 Å². The highest BCUT2D eigenvalue weighted by Gasteiger charge is 2.47. The highest BCUT2D eigenvalue weighted by Crippen LogP contribution is 2.49. The lowest BCUT2D eigenvalue weighted by Crippen LogP contribution is -2.52. The van der Waals surface area contributed by atoms with E-state index in [0.29, 0.717) is 10.2 Å². The average Bonchev–Trinajstić information content (AvgIpc) is 2.04. The van der Waals surface area contributed by atoms with Crippen molar-refractivity contribution in [3.8, 4) is 0 Å². The van der Waals surface area contributed by atoms with Crippen molar-refractivity contribution < 1.29 is 0 Å². The molecule has 58 valence electrons. The Morgan fingerprint density at radius 1 is 1.30 bits per heavy atom. The van der Waals surface area contributed by atoms with Crippen LogP contribution < -0.4 is 5.32 Å². The molecule has 0 bridgehead atoms. The van der Waals surface area contributed by atoms with Crippen molar-refractivity contribution in [1.29, 1.82) is 0 Å². The van der Waals surface area contributed by atoms with E-state index in [0.717, 1.165) is 0 Å². The first-order chi connectivity index (χ1) is 4.62. The molecular formula is C8H15NS. The number of thiol groups is 1.